The van der Waals surface area contributed by atoms with E-state index in [0.717, 1.165) is 6.26 Å². The van der Waals surface area contributed by atoms with Crippen LogP contribution in [0, 0.1) is 0 Å². The van der Waals surface area contributed by atoms with Gasteiger partial charge >= 0.3 is 5.97 Å². The lowest BCUT2D eigenvalue weighted by atomic mass is 10.1. The first-order valence-electron chi connectivity index (χ1n) is 6.07. The van der Waals surface area contributed by atoms with Gasteiger partial charge < -0.3 is 19.3 Å². The molecule has 1 aromatic carbocycles. The third-order valence-electron chi connectivity index (χ3n) is 2.72. The number of esters is 1. The number of hydrogen-bond donors (Lipinski definition) is 1. The molecule has 0 saturated carbocycles. The Balaban J connectivity index is 3.47. The maximum Gasteiger partial charge on any atom is 0.339 e. The number of methoxy groups -OCH3 is 2. The summed E-state index contributed by atoms with van der Waals surface area (Å²) >= 11 is 0. The SMILES string of the molecule is CCOC(=O)C(O)c1ccc(S(C)(=O)=O)c(OC)c1OC. The molecule has 1 unspecified atom stereocenters. The molecule has 1 atom stereocenters. The number of hydrogen-bond acceptors (Lipinski definition) is 7. The minimum absolute atomic E-state index is 0.0269. The number of aliphatic hydroxyl groups excluding tert-OH is 1. The van der Waals surface area contributed by atoms with E-state index in [1.165, 1.54) is 26.4 Å². The van der Waals surface area contributed by atoms with E-state index in [4.69, 9.17) is 14.2 Å². The number of aliphatic hydroxyl groups is 1. The molecule has 0 aliphatic carbocycles. The first kappa shape index (κ1) is 17.3. The second-order valence-corrected chi connectivity index (χ2v) is 6.13. The van der Waals surface area contributed by atoms with Crippen molar-refractivity contribution < 1.29 is 32.5 Å². The molecule has 0 spiro atoms. The van der Waals surface area contributed by atoms with Crippen molar-refractivity contribution in [1.29, 1.82) is 0 Å². The Morgan fingerprint density at radius 2 is 1.81 bits per heavy atom. The van der Waals surface area contributed by atoms with Crippen LogP contribution in [-0.2, 0) is 19.4 Å². The van der Waals surface area contributed by atoms with Crippen molar-refractivity contribution in [2.45, 2.75) is 17.9 Å². The normalized spacial score (nSPS) is 12.6. The molecule has 0 aromatic heterocycles. The minimum Gasteiger partial charge on any atom is -0.492 e. The van der Waals surface area contributed by atoms with Gasteiger partial charge in [0.2, 0.25) is 0 Å². The number of ether oxygens (including phenoxy) is 3. The van der Waals surface area contributed by atoms with Crippen LogP contribution in [0.4, 0.5) is 0 Å². The van der Waals surface area contributed by atoms with Crippen LogP contribution in [0.2, 0.25) is 0 Å². The molecule has 0 aliphatic heterocycles. The first-order chi connectivity index (χ1) is 9.77. The standard InChI is InChI=1S/C13H18O7S/c1-5-20-13(15)10(14)8-6-7-9(21(4,16)17)12(19-3)11(8)18-2/h6-7,10,14H,5H2,1-4H3. The molecule has 1 rings (SSSR count). The highest BCUT2D eigenvalue weighted by Crippen LogP contribution is 2.40. The van der Waals surface area contributed by atoms with Crippen LogP contribution >= 0.6 is 0 Å². The van der Waals surface area contributed by atoms with Crippen molar-refractivity contribution in [2.24, 2.45) is 0 Å². The van der Waals surface area contributed by atoms with Crippen LogP contribution in [0.25, 0.3) is 0 Å². The zero-order valence-electron chi connectivity index (χ0n) is 12.2. The molecule has 1 aromatic rings. The quantitative estimate of drug-likeness (QED) is 0.771. The van der Waals surface area contributed by atoms with Crippen molar-refractivity contribution in [3.05, 3.63) is 17.7 Å². The van der Waals surface area contributed by atoms with Gasteiger partial charge in [0, 0.05) is 11.8 Å². The van der Waals surface area contributed by atoms with Gasteiger partial charge in [-0.05, 0) is 13.0 Å². The Kier molecular flexibility index (Phi) is 5.56. The third-order valence-corrected chi connectivity index (χ3v) is 3.84. The smallest absolute Gasteiger partial charge is 0.339 e. The molecule has 0 fully saturated rings. The van der Waals surface area contributed by atoms with Crippen LogP contribution < -0.4 is 9.47 Å². The highest BCUT2D eigenvalue weighted by atomic mass is 32.2. The van der Waals surface area contributed by atoms with Crippen LogP contribution in [0.5, 0.6) is 11.5 Å². The summed E-state index contributed by atoms with van der Waals surface area (Å²) in [5.41, 5.74) is 0.0696. The Hall–Kier alpha value is -1.80. The van der Waals surface area contributed by atoms with Gasteiger partial charge in [-0.25, -0.2) is 13.2 Å². The molecule has 0 amide bonds. The van der Waals surface area contributed by atoms with Crippen molar-refractivity contribution in [3.8, 4) is 11.5 Å². The summed E-state index contributed by atoms with van der Waals surface area (Å²) in [4.78, 5) is 11.5. The maximum absolute atomic E-state index is 11.7. The molecule has 118 valence electrons. The van der Waals surface area contributed by atoms with E-state index < -0.39 is 21.9 Å². The van der Waals surface area contributed by atoms with Crippen LogP contribution in [0.15, 0.2) is 17.0 Å². The molecule has 0 radical (unpaired) electrons. The summed E-state index contributed by atoms with van der Waals surface area (Å²) in [6.07, 6.45) is -0.575. The maximum atomic E-state index is 11.7. The summed E-state index contributed by atoms with van der Waals surface area (Å²) < 4.78 is 38.3. The molecule has 1 N–H and O–H groups in total. The van der Waals surface area contributed by atoms with Gasteiger partial charge in [0.1, 0.15) is 4.90 Å². The molecule has 7 nitrogen and oxygen atoms in total. The van der Waals surface area contributed by atoms with Crippen LogP contribution in [0.1, 0.15) is 18.6 Å². The number of carbonyl (C=O) groups excluding carboxylic acids is 1. The monoisotopic (exact) mass is 318 g/mol. The van der Waals surface area contributed by atoms with E-state index in [1.807, 2.05) is 0 Å². The Morgan fingerprint density at radius 3 is 2.24 bits per heavy atom. The van der Waals surface area contributed by atoms with E-state index in [9.17, 15) is 18.3 Å². The number of carbonyl (C=O) groups is 1. The van der Waals surface area contributed by atoms with E-state index in [-0.39, 0.29) is 28.6 Å². The summed E-state index contributed by atoms with van der Waals surface area (Å²) in [6.45, 7) is 1.71. The molecular formula is C13H18O7S. The second-order valence-electron chi connectivity index (χ2n) is 4.15. The molecular weight excluding hydrogens is 300 g/mol. The van der Waals surface area contributed by atoms with Crippen molar-refractivity contribution in [3.63, 3.8) is 0 Å². The zero-order valence-corrected chi connectivity index (χ0v) is 13.1. The molecule has 0 bridgehead atoms. The topological polar surface area (TPSA) is 99.1 Å². The lowest BCUT2D eigenvalue weighted by Gasteiger charge is -2.18. The average molecular weight is 318 g/mol. The highest BCUT2D eigenvalue weighted by molar-refractivity contribution is 7.90. The fraction of sp³-hybridized carbons (Fsp3) is 0.462. The summed E-state index contributed by atoms with van der Waals surface area (Å²) in [6, 6.07) is 2.54. The van der Waals surface area contributed by atoms with Crippen molar-refractivity contribution >= 4 is 15.8 Å². The Bertz CT molecular complexity index is 622. The first-order valence-corrected chi connectivity index (χ1v) is 7.96. The fourth-order valence-corrected chi connectivity index (χ4v) is 2.65. The van der Waals surface area contributed by atoms with Gasteiger partial charge in [-0.2, -0.15) is 0 Å². The highest BCUT2D eigenvalue weighted by Gasteiger charge is 2.28. The van der Waals surface area contributed by atoms with Crippen LogP contribution in [-0.4, -0.2) is 46.6 Å². The number of sulfone groups is 1. The molecule has 0 aliphatic rings. The van der Waals surface area contributed by atoms with Gasteiger partial charge in [0.25, 0.3) is 0 Å². The van der Waals surface area contributed by atoms with E-state index in [1.54, 1.807) is 6.92 Å². The van der Waals surface area contributed by atoms with Gasteiger partial charge in [-0.3, -0.25) is 0 Å². The second kappa shape index (κ2) is 6.77. The molecule has 0 saturated heterocycles. The largest absolute Gasteiger partial charge is 0.492 e. The minimum atomic E-state index is -3.55. The zero-order chi connectivity index (χ0) is 16.2. The fourth-order valence-electron chi connectivity index (χ4n) is 1.82. The average Bonchev–Trinajstić information content (AvgIpc) is 2.43. The van der Waals surface area contributed by atoms with Crippen molar-refractivity contribution in [1.82, 2.24) is 0 Å². The Labute approximate surface area is 123 Å². The van der Waals surface area contributed by atoms with E-state index in [2.05, 4.69) is 0 Å². The number of benzene rings is 1. The lowest BCUT2D eigenvalue weighted by Crippen LogP contribution is -2.17. The molecule has 8 heteroatoms. The third kappa shape index (κ3) is 3.64. The van der Waals surface area contributed by atoms with Gasteiger partial charge in [0.15, 0.2) is 27.4 Å². The number of rotatable bonds is 6. The van der Waals surface area contributed by atoms with Gasteiger partial charge in [-0.1, -0.05) is 6.07 Å². The molecule has 0 heterocycles. The summed E-state index contributed by atoms with van der Waals surface area (Å²) in [7, 11) is -1.000. The predicted octanol–water partition coefficient (Wildman–Crippen LogP) is 0.704. The summed E-state index contributed by atoms with van der Waals surface area (Å²) in [5, 5.41) is 9.99. The van der Waals surface area contributed by atoms with Crippen LogP contribution in [0.3, 0.4) is 0 Å². The lowest BCUT2D eigenvalue weighted by molar-refractivity contribution is -0.153. The van der Waals surface area contributed by atoms with Gasteiger partial charge in [-0.15, -0.1) is 0 Å². The Morgan fingerprint density at radius 1 is 1.24 bits per heavy atom. The molecule has 21 heavy (non-hydrogen) atoms. The summed E-state index contributed by atoms with van der Waals surface area (Å²) in [5.74, 6) is -0.952. The predicted molar refractivity (Wildman–Crippen MR) is 74.2 cm³/mol. The van der Waals surface area contributed by atoms with Crippen molar-refractivity contribution in [2.75, 3.05) is 27.1 Å². The van der Waals surface area contributed by atoms with Gasteiger partial charge in [0.05, 0.1) is 20.8 Å². The van der Waals surface area contributed by atoms with E-state index >= 15 is 0 Å². The van der Waals surface area contributed by atoms with E-state index in [0.29, 0.717) is 0 Å².